The molecule has 0 amide bonds. The van der Waals surface area contributed by atoms with Crippen molar-refractivity contribution < 1.29 is 0 Å². The van der Waals surface area contributed by atoms with Gasteiger partial charge in [-0.15, -0.1) is 0 Å². The van der Waals surface area contributed by atoms with Crippen LogP contribution in [-0.4, -0.2) is 0 Å². The zero-order valence-electron chi connectivity index (χ0n) is 28.1. The van der Waals surface area contributed by atoms with E-state index in [2.05, 4.69) is 41.5 Å². The van der Waals surface area contributed by atoms with Gasteiger partial charge in [0.25, 0.3) is 0 Å². The quantitative estimate of drug-likeness (QED) is 0.0775. The molecule has 2 atom stereocenters. The van der Waals surface area contributed by atoms with Gasteiger partial charge in [-0.2, -0.15) is 0 Å². The second-order valence-corrected chi connectivity index (χ2v) is 13.5. The summed E-state index contributed by atoms with van der Waals surface area (Å²) in [6.07, 6.45) is 40.9. The molecule has 0 aliphatic carbocycles. The average Bonchev–Trinajstić information content (AvgIpc) is 2.93. The summed E-state index contributed by atoms with van der Waals surface area (Å²) in [6, 6.07) is 0. The first-order valence-electron chi connectivity index (χ1n) is 18.6. The van der Waals surface area contributed by atoms with Gasteiger partial charge in [-0.1, -0.05) is 221 Å². The van der Waals surface area contributed by atoms with Crippen LogP contribution in [0.15, 0.2) is 0 Å². The highest BCUT2D eigenvalue weighted by atomic mass is 14.3. The molecule has 0 saturated carbocycles. The first kappa shape index (κ1) is 38.0. The number of unbranched alkanes of at least 4 members (excludes halogenated alkanes) is 20. The van der Waals surface area contributed by atoms with Gasteiger partial charge < -0.3 is 0 Å². The molecule has 230 valence electrons. The molecule has 0 heteroatoms. The molecule has 0 fully saturated rings. The van der Waals surface area contributed by atoms with E-state index >= 15 is 0 Å². The van der Waals surface area contributed by atoms with Gasteiger partial charge in [0.2, 0.25) is 0 Å². The van der Waals surface area contributed by atoms with Crippen molar-refractivity contribution in [2.45, 2.75) is 221 Å². The third-order valence-corrected chi connectivity index (χ3v) is 10.0. The van der Waals surface area contributed by atoms with E-state index in [0.717, 1.165) is 23.7 Å². The Morgan fingerprint density at radius 2 is 0.447 bits per heavy atom. The topological polar surface area (TPSA) is 0 Å². The van der Waals surface area contributed by atoms with E-state index in [-0.39, 0.29) is 0 Å². The highest BCUT2D eigenvalue weighted by Crippen LogP contribution is 2.38. The van der Waals surface area contributed by atoms with Crippen molar-refractivity contribution in [1.29, 1.82) is 0 Å². The molecular weight excluding hydrogens is 456 g/mol. The Morgan fingerprint density at radius 1 is 0.263 bits per heavy atom. The molecule has 0 spiro atoms. The van der Waals surface area contributed by atoms with Gasteiger partial charge in [0, 0.05) is 0 Å². The van der Waals surface area contributed by atoms with E-state index in [0.29, 0.717) is 0 Å². The van der Waals surface area contributed by atoms with Crippen molar-refractivity contribution in [1.82, 2.24) is 0 Å². The minimum absolute atomic E-state index is 0.909. The second kappa shape index (κ2) is 30.0. The van der Waals surface area contributed by atoms with Gasteiger partial charge in [0.1, 0.15) is 0 Å². The molecule has 0 bridgehead atoms. The Labute approximate surface area is 244 Å². The van der Waals surface area contributed by atoms with Crippen molar-refractivity contribution in [2.24, 2.45) is 23.7 Å². The Morgan fingerprint density at radius 3 is 0.658 bits per heavy atom. The van der Waals surface area contributed by atoms with Crippen molar-refractivity contribution in [3.8, 4) is 0 Å². The largest absolute Gasteiger partial charge is 0.0654 e. The van der Waals surface area contributed by atoms with E-state index < -0.39 is 0 Å². The first-order chi connectivity index (χ1) is 18.6. The summed E-state index contributed by atoms with van der Waals surface area (Å²) < 4.78 is 0. The fourth-order valence-corrected chi connectivity index (χ4v) is 6.95. The van der Waals surface area contributed by atoms with Gasteiger partial charge in [0.05, 0.1) is 0 Å². The third kappa shape index (κ3) is 22.8. The van der Waals surface area contributed by atoms with Crippen LogP contribution in [0.1, 0.15) is 221 Å². The van der Waals surface area contributed by atoms with Crippen LogP contribution in [0.3, 0.4) is 0 Å². The molecule has 0 aromatic rings. The minimum atomic E-state index is 0.909. The van der Waals surface area contributed by atoms with Gasteiger partial charge in [-0.25, -0.2) is 0 Å². The van der Waals surface area contributed by atoms with Crippen molar-refractivity contribution in [2.75, 3.05) is 0 Å². The summed E-state index contributed by atoms with van der Waals surface area (Å²) in [7, 11) is 0. The van der Waals surface area contributed by atoms with Crippen LogP contribution in [0, 0.1) is 23.7 Å². The first-order valence-corrected chi connectivity index (χ1v) is 18.6. The molecule has 0 aromatic carbocycles. The number of hydrogen-bond donors (Lipinski definition) is 0. The van der Waals surface area contributed by atoms with Crippen LogP contribution in [0.2, 0.25) is 0 Å². The SMILES string of the molecule is CCCCCCCCC(CCCCCCCC)C(C)C(C)C(CCCCCCCC)CCCCCCCC. The minimum Gasteiger partial charge on any atom is -0.0654 e. The number of hydrogen-bond acceptors (Lipinski definition) is 0. The van der Waals surface area contributed by atoms with Crippen LogP contribution >= 0.6 is 0 Å². The highest BCUT2D eigenvalue weighted by Gasteiger charge is 2.28. The molecular formula is C38H78. The van der Waals surface area contributed by atoms with Crippen LogP contribution in [0.25, 0.3) is 0 Å². The molecule has 0 saturated heterocycles. The summed E-state index contributed by atoms with van der Waals surface area (Å²) >= 11 is 0. The zero-order valence-corrected chi connectivity index (χ0v) is 28.1. The van der Waals surface area contributed by atoms with Crippen molar-refractivity contribution in [3.05, 3.63) is 0 Å². The summed E-state index contributed by atoms with van der Waals surface area (Å²) in [5, 5.41) is 0. The smallest absolute Gasteiger partial charge is 0.0386 e. The van der Waals surface area contributed by atoms with Gasteiger partial charge >= 0.3 is 0 Å². The van der Waals surface area contributed by atoms with Crippen molar-refractivity contribution in [3.63, 3.8) is 0 Å². The van der Waals surface area contributed by atoms with Crippen molar-refractivity contribution >= 4 is 0 Å². The maximum Gasteiger partial charge on any atom is -0.0386 e. The third-order valence-electron chi connectivity index (χ3n) is 10.0. The fraction of sp³-hybridized carbons (Fsp3) is 1.00. The predicted molar refractivity (Wildman–Crippen MR) is 177 cm³/mol. The maximum atomic E-state index is 2.68. The molecule has 0 aromatic heterocycles. The molecule has 0 radical (unpaired) electrons. The van der Waals surface area contributed by atoms with Crippen LogP contribution in [0.5, 0.6) is 0 Å². The lowest BCUT2D eigenvalue weighted by atomic mass is 9.71. The monoisotopic (exact) mass is 535 g/mol. The van der Waals surface area contributed by atoms with E-state index in [9.17, 15) is 0 Å². The summed E-state index contributed by atoms with van der Waals surface area (Å²) in [4.78, 5) is 0. The number of rotatable bonds is 31. The molecule has 0 aliphatic rings. The van der Waals surface area contributed by atoms with Crippen LogP contribution < -0.4 is 0 Å². The zero-order chi connectivity index (χ0) is 28.1. The molecule has 0 nitrogen and oxygen atoms in total. The van der Waals surface area contributed by atoms with E-state index in [1.165, 1.54) is 180 Å². The molecule has 0 aliphatic heterocycles. The highest BCUT2D eigenvalue weighted by molar-refractivity contribution is 4.78. The maximum absolute atomic E-state index is 2.68. The normalized spacial score (nSPS) is 13.6. The lowest BCUT2D eigenvalue weighted by Crippen LogP contribution is -2.26. The Kier molecular flexibility index (Phi) is 30.0. The second-order valence-electron chi connectivity index (χ2n) is 13.5. The van der Waals surface area contributed by atoms with Crippen LogP contribution in [0.4, 0.5) is 0 Å². The lowest BCUT2D eigenvalue weighted by molar-refractivity contribution is 0.152. The Bertz CT molecular complexity index is 354. The molecule has 0 rings (SSSR count). The standard InChI is InChI=1S/C38H78/c1-7-11-15-19-23-27-31-37(32-28-24-20-16-12-8-2)35(5)36(6)38(33-29-25-21-17-13-9-3)34-30-26-22-18-14-10-4/h35-38H,7-34H2,1-6H3. The summed E-state index contributed by atoms with van der Waals surface area (Å²) in [5.74, 6) is 3.76. The molecule has 0 N–H and O–H groups in total. The Hall–Kier alpha value is 0. The van der Waals surface area contributed by atoms with E-state index in [1.54, 1.807) is 0 Å². The van der Waals surface area contributed by atoms with Gasteiger partial charge in [-0.3, -0.25) is 0 Å². The summed E-state index contributed by atoms with van der Waals surface area (Å²) in [5.41, 5.74) is 0. The predicted octanol–water partition coefficient (Wildman–Crippen LogP) is 14.5. The molecule has 38 heavy (non-hydrogen) atoms. The van der Waals surface area contributed by atoms with Gasteiger partial charge in [0.15, 0.2) is 0 Å². The van der Waals surface area contributed by atoms with Crippen LogP contribution in [-0.2, 0) is 0 Å². The lowest BCUT2D eigenvalue weighted by Gasteiger charge is -2.35. The molecule has 0 heterocycles. The van der Waals surface area contributed by atoms with E-state index in [1.807, 2.05) is 0 Å². The summed E-state index contributed by atoms with van der Waals surface area (Å²) in [6.45, 7) is 14.7. The molecule has 2 unspecified atom stereocenters. The Balaban J connectivity index is 4.93. The fourth-order valence-electron chi connectivity index (χ4n) is 6.95. The average molecular weight is 535 g/mol. The van der Waals surface area contributed by atoms with E-state index in [4.69, 9.17) is 0 Å². The van der Waals surface area contributed by atoms with Gasteiger partial charge in [-0.05, 0) is 23.7 Å².